The van der Waals surface area contributed by atoms with Crippen LogP contribution in [0.3, 0.4) is 0 Å². The zero-order chi connectivity index (χ0) is 19.6. The molecule has 0 aromatic rings. The Labute approximate surface area is 153 Å². The van der Waals surface area contributed by atoms with E-state index in [-0.39, 0.29) is 30.7 Å². The lowest BCUT2D eigenvalue weighted by Gasteiger charge is -2.32. The topological polar surface area (TPSA) is 72.5 Å². The van der Waals surface area contributed by atoms with Crippen LogP contribution >= 0.6 is 11.6 Å². The van der Waals surface area contributed by atoms with Gasteiger partial charge in [0.15, 0.2) is 16.8 Å². The molecule has 0 aromatic heterocycles. The van der Waals surface area contributed by atoms with Crippen molar-refractivity contribution in [2.45, 2.75) is 44.1 Å². The van der Waals surface area contributed by atoms with Crippen LogP contribution < -0.4 is 5.32 Å². The van der Waals surface area contributed by atoms with Crippen LogP contribution in [-0.2, 0) is 19.8 Å². The first kappa shape index (κ1) is 20.8. The van der Waals surface area contributed by atoms with Crippen LogP contribution in [0.2, 0.25) is 0 Å². The van der Waals surface area contributed by atoms with Crippen molar-refractivity contribution < 1.29 is 35.5 Å². The lowest BCUT2D eigenvalue weighted by atomic mass is 9.87. The standard InChI is InChI=1S/C15H16ClF4NO4S/c1-21-14(22)9-6-10(16)12(13(11(9)17)26(23)24)25-8-4-2-7(3-5-8)15(18,19)20/h6-8,11H,2-5H2,1H3,(H,21,22). The van der Waals surface area contributed by atoms with Gasteiger partial charge >= 0.3 is 6.18 Å². The molecule has 1 atom stereocenters. The minimum absolute atomic E-state index is 0.0274. The summed E-state index contributed by atoms with van der Waals surface area (Å²) >= 11 is 5.96. The number of nitrogens with one attached hydrogen (secondary N) is 1. The molecule has 1 fully saturated rings. The van der Waals surface area contributed by atoms with Gasteiger partial charge in [0.1, 0.15) is 0 Å². The second kappa shape index (κ2) is 7.99. The smallest absolute Gasteiger partial charge is 0.391 e. The molecule has 0 heterocycles. The summed E-state index contributed by atoms with van der Waals surface area (Å²) in [5.74, 6) is -2.75. The first-order chi connectivity index (χ1) is 12.1. The maximum Gasteiger partial charge on any atom is 0.391 e. The number of halogens is 5. The number of allylic oxidation sites excluding steroid dienone is 3. The molecule has 2 aliphatic rings. The largest absolute Gasteiger partial charge is 0.487 e. The number of rotatable bonds is 3. The quantitative estimate of drug-likeness (QED) is 0.566. The van der Waals surface area contributed by atoms with Gasteiger partial charge in [-0.25, -0.2) is 4.39 Å². The Bertz CT molecular complexity index is 772. The highest BCUT2D eigenvalue weighted by Gasteiger charge is 2.43. The minimum Gasteiger partial charge on any atom is -0.487 e. The predicted octanol–water partition coefficient (Wildman–Crippen LogP) is 2.65. The number of hydrogen-bond donors (Lipinski definition) is 1. The van der Waals surface area contributed by atoms with Crippen molar-refractivity contribution >= 4 is 32.7 Å². The normalized spacial score (nSPS) is 27.1. The van der Waals surface area contributed by atoms with Gasteiger partial charge in [0, 0.05) is 7.05 Å². The number of ether oxygens (including phenoxy) is 1. The summed E-state index contributed by atoms with van der Waals surface area (Å²) in [6.07, 6.45) is -6.64. The van der Waals surface area contributed by atoms with E-state index in [0.717, 1.165) is 6.08 Å². The number of amides is 1. The van der Waals surface area contributed by atoms with E-state index < -0.39 is 56.8 Å². The number of carbonyl (C=O) groups is 1. The van der Waals surface area contributed by atoms with Crippen LogP contribution in [0.4, 0.5) is 17.6 Å². The van der Waals surface area contributed by atoms with E-state index in [1.165, 1.54) is 7.05 Å². The summed E-state index contributed by atoms with van der Waals surface area (Å²) in [4.78, 5) is 10.8. The Morgan fingerprint density at radius 2 is 1.85 bits per heavy atom. The van der Waals surface area contributed by atoms with Crippen molar-refractivity contribution in [2.24, 2.45) is 5.92 Å². The Morgan fingerprint density at radius 1 is 1.27 bits per heavy atom. The number of carbonyl (C=O) groups excluding carboxylic acids is 1. The molecule has 2 aliphatic carbocycles. The number of likely N-dealkylation sites (N-methyl/N-ethyl adjacent to an activating group) is 1. The molecule has 26 heavy (non-hydrogen) atoms. The molecule has 1 amide bonds. The SMILES string of the molecule is CNC(=O)C1=CC(Cl)=C(OC2CCC(C(F)(F)F)CC2)C(=S(=O)=O)C1F. The molecule has 5 nitrogen and oxygen atoms in total. The molecule has 0 aliphatic heterocycles. The van der Waals surface area contributed by atoms with E-state index in [9.17, 15) is 30.8 Å². The molecule has 146 valence electrons. The number of alkyl halides is 4. The van der Waals surface area contributed by atoms with Gasteiger partial charge in [-0.3, -0.25) is 4.79 Å². The highest BCUT2D eigenvalue weighted by Crippen LogP contribution is 2.39. The minimum atomic E-state index is -4.30. The van der Waals surface area contributed by atoms with Crippen molar-refractivity contribution in [3.05, 3.63) is 22.4 Å². The van der Waals surface area contributed by atoms with Gasteiger partial charge in [-0.2, -0.15) is 21.6 Å². The molecular weight excluding hydrogens is 402 g/mol. The first-order valence-electron chi connectivity index (χ1n) is 7.73. The lowest BCUT2D eigenvalue weighted by molar-refractivity contribution is -0.186. The van der Waals surface area contributed by atoms with Crippen molar-refractivity contribution in [1.82, 2.24) is 5.32 Å². The van der Waals surface area contributed by atoms with E-state index in [1.54, 1.807) is 0 Å². The van der Waals surface area contributed by atoms with E-state index in [0.29, 0.717) is 0 Å². The van der Waals surface area contributed by atoms with Crippen molar-refractivity contribution in [3.8, 4) is 0 Å². The fraction of sp³-hybridized carbons (Fsp3) is 0.600. The third-order valence-corrected chi connectivity index (χ3v) is 5.35. The fourth-order valence-electron chi connectivity index (χ4n) is 2.92. The van der Waals surface area contributed by atoms with Gasteiger partial charge in [-0.1, -0.05) is 11.6 Å². The van der Waals surface area contributed by atoms with Crippen molar-refractivity contribution in [2.75, 3.05) is 7.05 Å². The van der Waals surface area contributed by atoms with Crippen LogP contribution in [-0.4, -0.2) is 44.7 Å². The molecule has 11 heteroatoms. The first-order valence-corrected chi connectivity index (χ1v) is 9.18. The summed E-state index contributed by atoms with van der Waals surface area (Å²) in [7, 11) is -1.83. The highest BCUT2D eigenvalue weighted by atomic mass is 35.5. The maximum atomic E-state index is 14.5. The highest BCUT2D eigenvalue weighted by molar-refractivity contribution is 7.73. The molecule has 0 bridgehead atoms. The van der Waals surface area contributed by atoms with Crippen LogP contribution in [0.1, 0.15) is 25.7 Å². The Morgan fingerprint density at radius 3 is 2.31 bits per heavy atom. The van der Waals surface area contributed by atoms with Gasteiger partial charge in [0.05, 0.1) is 22.6 Å². The predicted molar refractivity (Wildman–Crippen MR) is 86.7 cm³/mol. The molecule has 1 saturated carbocycles. The second-order valence-electron chi connectivity index (χ2n) is 5.95. The molecule has 0 saturated heterocycles. The summed E-state index contributed by atoms with van der Waals surface area (Å²) in [5.41, 5.74) is -0.496. The summed E-state index contributed by atoms with van der Waals surface area (Å²) < 4.78 is 81.0. The molecule has 1 unspecified atom stereocenters. The number of hydrogen-bond acceptors (Lipinski definition) is 4. The lowest BCUT2D eigenvalue weighted by Crippen LogP contribution is -2.36. The molecule has 0 radical (unpaired) electrons. The average molecular weight is 418 g/mol. The van der Waals surface area contributed by atoms with E-state index in [2.05, 4.69) is 5.32 Å². The van der Waals surface area contributed by atoms with Crippen LogP contribution in [0.5, 0.6) is 0 Å². The summed E-state index contributed by atoms with van der Waals surface area (Å²) in [5, 5.41) is 1.87. The van der Waals surface area contributed by atoms with E-state index in [1.807, 2.05) is 0 Å². The molecule has 1 N–H and O–H groups in total. The maximum absolute atomic E-state index is 14.5. The Hall–Kier alpha value is -1.55. The van der Waals surface area contributed by atoms with Crippen LogP contribution in [0, 0.1) is 5.92 Å². The van der Waals surface area contributed by atoms with Gasteiger partial charge < -0.3 is 10.1 Å². The van der Waals surface area contributed by atoms with Crippen molar-refractivity contribution in [3.63, 3.8) is 0 Å². The second-order valence-corrected chi connectivity index (χ2v) is 7.27. The van der Waals surface area contributed by atoms with Crippen LogP contribution in [0.25, 0.3) is 0 Å². The van der Waals surface area contributed by atoms with Crippen molar-refractivity contribution in [1.29, 1.82) is 0 Å². The monoisotopic (exact) mass is 417 g/mol. The van der Waals surface area contributed by atoms with E-state index in [4.69, 9.17) is 16.3 Å². The van der Waals surface area contributed by atoms with Gasteiger partial charge in [0.25, 0.3) is 0 Å². The summed E-state index contributed by atoms with van der Waals surface area (Å²) in [6, 6.07) is 0. The molecule has 0 aromatic carbocycles. The Balaban J connectivity index is 2.26. The van der Waals surface area contributed by atoms with E-state index >= 15 is 0 Å². The molecular formula is C15H16ClF4NO4S. The molecule has 0 spiro atoms. The fourth-order valence-corrected chi connectivity index (χ4v) is 3.85. The summed E-state index contributed by atoms with van der Waals surface area (Å²) in [6.45, 7) is 0. The zero-order valence-electron chi connectivity index (χ0n) is 13.6. The van der Waals surface area contributed by atoms with Gasteiger partial charge in [0.2, 0.25) is 16.2 Å². The molecule has 2 rings (SSSR count). The van der Waals surface area contributed by atoms with Gasteiger partial charge in [-0.15, -0.1) is 0 Å². The Kier molecular flexibility index (Phi) is 6.38. The van der Waals surface area contributed by atoms with Gasteiger partial charge in [-0.05, 0) is 31.8 Å². The van der Waals surface area contributed by atoms with Crippen LogP contribution in [0.15, 0.2) is 22.4 Å². The third kappa shape index (κ3) is 4.40. The average Bonchev–Trinajstić information content (AvgIpc) is 2.56. The zero-order valence-corrected chi connectivity index (χ0v) is 15.1. The third-order valence-electron chi connectivity index (χ3n) is 4.32.